The Labute approximate surface area is 101 Å². The van der Waals surface area contributed by atoms with E-state index < -0.39 is 0 Å². The first-order valence-corrected chi connectivity index (χ1v) is 6.14. The highest BCUT2D eigenvalue weighted by molar-refractivity contribution is 5.56. The van der Waals surface area contributed by atoms with Crippen LogP contribution in [0.2, 0.25) is 0 Å². The van der Waals surface area contributed by atoms with Crippen molar-refractivity contribution in [2.24, 2.45) is 5.73 Å². The van der Waals surface area contributed by atoms with Crippen LogP contribution in [-0.2, 0) is 0 Å². The standard InChI is InChI=1S/C11H15N.2C2H6/c1-4-10-8(2)6-5-7-11(10)9(3)12;2*1-2/h4-7,9H,1,12H2,2-3H3;2*1-2H3. The second kappa shape index (κ2) is 10.4. The van der Waals surface area contributed by atoms with Gasteiger partial charge in [-0.1, -0.05) is 58.5 Å². The summed E-state index contributed by atoms with van der Waals surface area (Å²) < 4.78 is 0. The smallest absolute Gasteiger partial charge is 0.0272 e. The molecule has 1 aromatic rings. The fourth-order valence-electron chi connectivity index (χ4n) is 1.38. The maximum Gasteiger partial charge on any atom is 0.0272 e. The lowest BCUT2D eigenvalue weighted by atomic mass is 9.98. The molecule has 0 bridgehead atoms. The van der Waals surface area contributed by atoms with Gasteiger partial charge in [-0.2, -0.15) is 0 Å². The Balaban J connectivity index is 0. The second-order valence-corrected chi connectivity index (χ2v) is 3.07. The van der Waals surface area contributed by atoms with Crippen LogP contribution in [0.3, 0.4) is 0 Å². The summed E-state index contributed by atoms with van der Waals surface area (Å²) in [6.45, 7) is 15.8. The van der Waals surface area contributed by atoms with E-state index in [1.165, 1.54) is 16.7 Å². The van der Waals surface area contributed by atoms with Crippen molar-refractivity contribution in [3.8, 4) is 0 Å². The van der Waals surface area contributed by atoms with E-state index in [-0.39, 0.29) is 6.04 Å². The normalized spacial score (nSPS) is 10.2. The summed E-state index contributed by atoms with van der Waals surface area (Å²) in [5, 5.41) is 0. The predicted octanol–water partition coefficient (Wildman–Crippen LogP) is 4.71. The number of nitrogens with two attached hydrogens (primary N) is 1. The fourth-order valence-corrected chi connectivity index (χ4v) is 1.38. The molecule has 0 amide bonds. The third-order valence-corrected chi connectivity index (χ3v) is 2.05. The van der Waals surface area contributed by atoms with Crippen LogP contribution in [0.1, 0.15) is 57.4 Å². The number of hydrogen-bond donors (Lipinski definition) is 1. The molecule has 1 heteroatoms. The molecule has 0 heterocycles. The molecule has 16 heavy (non-hydrogen) atoms. The van der Waals surface area contributed by atoms with Gasteiger partial charge in [-0.15, -0.1) is 0 Å². The molecular formula is C15H27N. The van der Waals surface area contributed by atoms with E-state index in [2.05, 4.69) is 25.6 Å². The molecule has 1 aromatic carbocycles. The van der Waals surface area contributed by atoms with E-state index in [4.69, 9.17) is 5.73 Å². The van der Waals surface area contributed by atoms with Crippen molar-refractivity contribution in [2.45, 2.75) is 47.6 Å². The van der Waals surface area contributed by atoms with Crippen LogP contribution in [0.25, 0.3) is 6.08 Å². The number of rotatable bonds is 2. The number of hydrogen-bond acceptors (Lipinski definition) is 1. The maximum atomic E-state index is 5.81. The first-order valence-electron chi connectivity index (χ1n) is 6.14. The summed E-state index contributed by atoms with van der Waals surface area (Å²) in [4.78, 5) is 0. The quantitative estimate of drug-likeness (QED) is 0.769. The Morgan fingerprint density at radius 2 is 1.69 bits per heavy atom. The lowest BCUT2D eigenvalue weighted by molar-refractivity contribution is 0.814. The molecule has 1 unspecified atom stereocenters. The van der Waals surface area contributed by atoms with Gasteiger partial charge in [-0.3, -0.25) is 0 Å². The van der Waals surface area contributed by atoms with Crippen LogP contribution in [0.5, 0.6) is 0 Å². The number of aryl methyl sites for hydroxylation is 1. The van der Waals surface area contributed by atoms with Gasteiger partial charge in [0.05, 0.1) is 0 Å². The van der Waals surface area contributed by atoms with E-state index >= 15 is 0 Å². The van der Waals surface area contributed by atoms with Crippen molar-refractivity contribution in [1.29, 1.82) is 0 Å². The summed E-state index contributed by atoms with van der Waals surface area (Å²) in [5.41, 5.74) is 9.39. The summed E-state index contributed by atoms with van der Waals surface area (Å²) >= 11 is 0. The van der Waals surface area contributed by atoms with E-state index in [0.29, 0.717) is 0 Å². The largest absolute Gasteiger partial charge is 0.324 e. The SMILES string of the molecule is C=Cc1c(C)cccc1C(C)N.CC.CC. The van der Waals surface area contributed by atoms with Gasteiger partial charge in [0.1, 0.15) is 0 Å². The van der Waals surface area contributed by atoms with Gasteiger partial charge >= 0.3 is 0 Å². The highest BCUT2D eigenvalue weighted by Gasteiger charge is 2.04. The molecule has 0 radical (unpaired) electrons. The average molecular weight is 221 g/mol. The molecule has 0 aliphatic heterocycles. The van der Waals surface area contributed by atoms with Gasteiger partial charge in [-0.25, -0.2) is 0 Å². The Morgan fingerprint density at radius 3 is 2.00 bits per heavy atom. The molecule has 1 rings (SSSR count). The third kappa shape index (κ3) is 5.13. The fraction of sp³-hybridized carbons (Fsp3) is 0.467. The molecule has 0 aliphatic carbocycles. The molecule has 1 atom stereocenters. The third-order valence-electron chi connectivity index (χ3n) is 2.05. The maximum absolute atomic E-state index is 5.81. The van der Waals surface area contributed by atoms with Crippen molar-refractivity contribution < 1.29 is 0 Å². The highest BCUT2D eigenvalue weighted by Crippen LogP contribution is 2.20. The minimum atomic E-state index is 0.0814. The van der Waals surface area contributed by atoms with Crippen LogP contribution in [-0.4, -0.2) is 0 Å². The molecule has 0 saturated carbocycles. The molecule has 2 N–H and O–H groups in total. The van der Waals surface area contributed by atoms with Gasteiger partial charge in [0, 0.05) is 6.04 Å². The van der Waals surface area contributed by atoms with Gasteiger partial charge < -0.3 is 5.73 Å². The van der Waals surface area contributed by atoms with Gasteiger partial charge in [0.15, 0.2) is 0 Å². The van der Waals surface area contributed by atoms with Crippen LogP contribution in [0.4, 0.5) is 0 Å². The molecule has 0 saturated heterocycles. The summed E-state index contributed by atoms with van der Waals surface area (Å²) in [7, 11) is 0. The minimum absolute atomic E-state index is 0.0814. The van der Waals surface area contributed by atoms with E-state index in [1.54, 1.807) is 0 Å². The Kier molecular flexibility index (Phi) is 11.3. The van der Waals surface area contributed by atoms with Crippen molar-refractivity contribution in [2.75, 3.05) is 0 Å². The molecule has 0 fully saturated rings. The van der Waals surface area contributed by atoms with Crippen LogP contribution in [0, 0.1) is 6.92 Å². The van der Waals surface area contributed by atoms with Gasteiger partial charge in [0.2, 0.25) is 0 Å². The van der Waals surface area contributed by atoms with Crippen molar-refractivity contribution in [1.82, 2.24) is 0 Å². The van der Waals surface area contributed by atoms with Crippen molar-refractivity contribution in [3.63, 3.8) is 0 Å². The second-order valence-electron chi connectivity index (χ2n) is 3.07. The Bertz CT molecular complexity index is 287. The first kappa shape index (κ1) is 17.3. The van der Waals surface area contributed by atoms with E-state index in [0.717, 1.165) is 0 Å². The zero-order chi connectivity index (χ0) is 13.1. The summed E-state index contributed by atoms with van der Waals surface area (Å²) in [6.07, 6.45) is 1.87. The van der Waals surface area contributed by atoms with Gasteiger partial charge in [0.25, 0.3) is 0 Å². The molecule has 92 valence electrons. The Morgan fingerprint density at radius 1 is 1.19 bits per heavy atom. The Hall–Kier alpha value is -1.08. The van der Waals surface area contributed by atoms with Crippen LogP contribution < -0.4 is 5.73 Å². The van der Waals surface area contributed by atoms with Crippen LogP contribution in [0.15, 0.2) is 24.8 Å². The lowest BCUT2D eigenvalue weighted by Gasteiger charge is -2.11. The molecule has 0 spiro atoms. The molecule has 0 aromatic heterocycles. The zero-order valence-electron chi connectivity index (χ0n) is 11.7. The van der Waals surface area contributed by atoms with E-state index in [9.17, 15) is 0 Å². The lowest BCUT2D eigenvalue weighted by Crippen LogP contribution is -2.07. The zero-order valence-corrected chi connectivity index (χ0v) is 11.7. The first-order chi connectivity index (χ1) is 7.66. The van der Waals surface area contributed by atoms with Crippen LogP contribution >= 0.6 is 0 Å². The average Bonchev–Trinajstić information content (AvgIpc) is 2.33. The molecule has 1 nitrogen and oxygen atoms in total. The molecule has 0 aliphatic rings. The highest BCUT2D eigenvalue weighted by atomic mass is 14.6. The van der Waals surface area contributed by atoms with Crippen molar-refractivity contribution >= 4 is 6.08 Å². The minimum Gasteiger partial charge on any atom is -0.324 e. The van der Waals surface area contributed by atoms with E-state index in [1.807, 2.05) is 46.8 Å². The predicted molar refractivity (Wildman–Crippen MR) is 76.6 cm³/mol. The van der Waals surface area contributed by atoms with Gasteiger partial charge in [-0.05, 0) is 30.5 Å². The summed E-state index contributed by atoms with van der Waals surface area (Å²) in [5.74, 6) is 0. The summed E-state index contributed by atoms with van der Waals surface area (Å²) in [6, 6.07) is 6.23. The van der Waals surface area contributed by atoms with Crippen molar-refractivity contribution in [3.05, 3.63) is 41.5 Å². The topological polar surface area (TPSA) is 26.0 Å². The number of benzene rings is 1. The monoisotopic (exact) mass is 221 g/mol. The molecular weight excluding hydrogens is 194 g/mol.